The summed E-state index contributed by atoms with van der Waals surface area (Å²) in [5.41, 5.74) is 0.285. The summed E-state index contributed by atoms with van der Waals surface area (Å²) >= 11 is 0. The van der Waals surface area contributed by atoms with Crippen molar-refractivity contribution in [3.8, 4) is 6.07 Å². The second-order valence-corrected chi connectivity index (χ2v) is 1.52. The maximum absolute atomic E-state index is 8.20. The number of nitrogens with one attached hydrogen (secondary N) is 1. The molecule has 0 aliphatic rings. The predicted octanol–water partition coefficient (Wildman–Crippen LogP) is 0.828. The van der Waals surface area contributed by atoms with Crippen LogP contribution in [-0.4, -0.2) is 12.9 Å². The van der Waals surface area contributed by atoms with Gasteiger partial charge in [-0.15, -0.1) is 6.58 Å². The number of nitriles is 1. The van der Waals surface area contributed by atoms with E-state index >= 15 is 0 Å². The zero-order valence-corrected chi connectivity index (χ0v) is 5.67. The summed E-state index contributed by atoms with van der Waals surface area (Å²) < 4.78 is 0. The second kappa shape index (κ2) is 5.57. The van der Waals surface area contributed by atoms with Crippen LogP contribution in [0.4, 0.5) is 0 Å². The molecule has 0 aliphatic carbocycles. The van der Waals surface area contributed by atoms with E-state index in [1.165, 1.54) is 6.34 Å². The third-order valence-corrected chi connectivity index (χ3v) is 0.700. The number of hydrogen-bond donors (Lipinski definition) is 1. The first kappa shape index (κ1) is 8.44. The highest BCUT2D eigenvalue weighted by Crippen LogP contribution is 1.74. The van der Waals surface area contributed by atoms with Crippen molar-refractivity contribution in [1.29, 1.82) is 5.26 Å². The molecule has 0 aromatic heterocycles. The summed E-state index contributed by atoms with van der Waals surface area (Å²) in [6.45, 7) is 7.40. The lowest BCUT2D eigenvalue weighted by atomic mass is 10.6. The second-order valence-electron chi connectivity index (χ2n) is 1.52. The molecular formula is C7H9N3. The lowest BCUT2D eigenvalue weighted by Gasteiger charge is -1.90. The van der Waals surface area contributed by atoms with E-state index < -0.39 is 0 Å². The minimum absolute atomic E-state index is 0.285. The van der Waals surface area contributed by atoms with E-state index in [0.29, 0.717) is 6.54 Å². The van der Waals surface area contributed by atoms with Gasteiger partial charge >= 0.3 is 0 Å². The first-order valence-electron chi connectivity index (χ1n) is 2.76. The summed E-state index contributed by atoms with van der Waals surface area (Å²) in [6.07, 6.45) is 3.08. The van der Waals surface area contributed by atoms with Gasteiger partial charge in [0.25, 0.3) is 0 Å². The molecule has 0 atom stereocenters. The molecule has 1 N–H and O–H groups in total. The fourth-order valence-corrected chi connectivity index (χ4v) is 0.283. The van der Waals surface area contributed by atoms with E-state index in [0.717, 1.165) is 0 Å². The Morgan fingerprint density at radius 1 is 1.80 bits per heavy atom. The zero-order valence-electron chi connectivity index (χ0n) is 5.67. The van der Waals surface area contributed by atoms with Gasteiger partial charge < -0.3 is 5.32 Å². The third kappa shape index (κ3) is 4.60. The van der Waals surface area contributed by atoms with Gasteiger partial charge in [0.1, 0.15) is 11.8 Å². The van der Waals surface area contributed by atoms with Crippen molar-refractivity contribution in [3.05, 3.63) is 24.9 Å². The van der Waals surface area contributed by atoms with Crippen molar-refractivity contribution < 1.29 is 0 Å². The van der Waals surface area contributed by atoms with E-state index in [1.807, 2.05) is 6.07 Å². The van der Waals surface area contributed by atoms with E-state index in [4.69, 9.17) is 5.26 Å². The quantitative estimate of drug-likeness (QED) is 0.268. The molecule has 3 nitrogen and oxygen atoms in total. The molecule has 0 aromatic rings. The Kier molecular flexibility index (Phi) is 4.70. The van der Waals surface area contributed by atoms with Crippen LogP contribution < -0.4 is 5.32 Å². The van der Waals surface area contributed by atoms with Gasteiger partial charge in [0, 0.05) is 0 Å². The van der Waals surface area contributed by atoms with Crippen molar-refractivity contribution >= 4 is 6.34 Å². The molecule has 0 unspecified atom stereocenters. The normalized spacial score (nSPS) is 8.70. The predicted molar refractivity (Wildman–Crippen MR) is 41.4 cm³/mol. The van der Waals surface area contributed by atoms with Crippen LogP contribution in [0, 0.1) is 11.3 Å². The van der Waals surface area contributed by atoms with Crippen LogP contribution in [0.2, 0.25) is 0 Å². The highest BCUT2D eigenvalue weighted by atomic mass is 14.9. The van der Waals surface area contributed by atoms with Gasteiger partial charge in [0.2, 0.25) is 0 Å². The van der Waals surface area contributed by atoms with E-state index in [-0.39, 0.29) is 5.70 Å². The van der Waals surface area contributed by atoms with Crippen LogP contribution >= 0.6 is 0 Å². The first-order chi connectivity index (χ1) is 4.81. The topological polar surface area (TPSA) is 48.2 Å². The molecular weight excluding hydrogens is 126 g/mol. The van der Waals surface area contributed by atoms with Crippen molar-refractivity contribution in [2.24, 2.45) is 4.99 Å². The van der Waals surface area contributed by atoms with Gasteiger partial charge in [-0.1, -0.05) is 12.7 Å². The van der Waals surface area contributed by atoms with Gasteiger partial charge in [0.15, 0.2) is 0 Å². The Balaban J connectivity index is 3.45. The first-order valence-corrected chi connectivity index (χ1v) is 2.76. The summed E-state index contributed by atoms with van der Waals surface area (Å²) in [6, 6.07) is 1.82. The number of rotatable bonds is 4. The standard InChI is InChI=1S/C7H9N3/c1-3-4-9-6-10-7(2)5-8/h3,6H,1-2,4H2,(H,9,10). The minimum atomic E-state index is 0.285. The smallest absolute Gasteiger partial charge is 0.117 e. The van der Waals surface area contributed by atoms with E-state index in [9.17, 15) is 0 Å². The van der Waals surface area contributed by atoms with Gasteiger partial charge in [-0.3, -0.25) is 4.99 Å². The summed E-state index contributed by atoms with van der Waals surface area (Å²) in [7, 11) is 0. The molecule has 0 spiro atoms. The molecule has 0 fully saturated rings. The Morgan fingerprint density at radius 2 is 2.50 bits per heavy atom. The largest absolute Gasteiger partial charge is 0.339 e. The van der Waals surface area contributed by atoms with Crippen molar-refractivity contribution in [2.75, 3.05) is 6.54 Å². The molecule has 0 aliphatic heterocycles. The van der Waals surface area contributed by atoms with Crippen LogP contribution in [0.25, 0.3) is 0 Å². The molecule has 0 saturated heterocycles. The molecule has 0 amide bonds. The minimum Gasteiger partial charge on any atom is -0.339 e. The summed E-state index contributed by atoms with van der Waals surface area (Å²) in [4.78, 5) is 3.81. The van der Waals surface area contributed by atoms with Crippen molar-refractivity contribution in [2.45, 2.75) is 0 Å². The van der Waals surface area contributed by atoms with Crippen LogP contribution in [0.5, 0.6) is 0 Å². The lowest BCUT2D eigenvalue weighted by molar-refractivity contribution is 1.17. The highest BCUT2D eigenvalue weighted by molar-refractivity contribution is 5.58. The number of nitrogens with zero attached hydrogens (tertiary/aromatic N) is 2. The van der Waals surface area contributed by atoms with Gasteiger partial charge in [-0.05, 0) is 0 Å². The van der Waals surface area contributed by atoms with Crippen molar-refractivity contribution in [3.63, 3.8) is 0 Å². The fraction of sp³-hybridized carbons (Fsp3) is 0.143. The van der Waals surface area contributed by atoms with Gasteiger partial charge in [-0.2, -0.15) is 5.26 Å². The molecule has 0 aromatic carbocycles. The van der Waals surface area contributed by atoms with E-state index in [1.54, 1.807) is 6.08 Å². The third-order valence-electron chi connectivity index (χ3n) is 0.700. The lowest BCUT2D eigenvalue weighted by Crippen LogP contribution is -2.07. The molecule has 0 bridgehead atoms. The van der Waals surface area contributed by atoms with Crippen LogP contribution in [0.15, 0.2) is 29.9 Å². The van der Waals surface area contributed by atoms with Crippen LogP contribution in [0.3, 0.4) is 0 Å². The average Bonchev–Trinajstić information content (AvgIpc) is 1.98. The molecule has 0 rings (SSSR count). The number of allylic oxidation sites excluding steroid dienone is 1. The molecule has 0 saturated carbocycles. The van der Waals surface area contributed by atoms with Crippen molar-refractivity contribution in [1.82, 2.24) is 5.32 Å². The summed E-state index contributed by atoms with van der Waals surface area (Å²) in [5.74, 6) is 0. The molecule has 52 valence electrons. The Morgan fingerprint density at radius 3 is 3.00 bits per heavy atom. The molecule has 3 heteroatoms. The maximum Gasteiger partial charge on any atom is 0.117 e. The van der Waals surface area contributed by atoms with Gasteiger partial charge in [0.05, 0.1) is 12.9 Å². The van der Waals surface area contributed by atoms with Gasteiger partial charge in [-0.25, -0.2) is 0 Å². The van der Waals surface area contributed by atoms with Crippen LogP contribution in [0.1, 0.15) is 0 Å². The zero-order chi connectivity index (χ0) is 7.82. The average molecular weight is 135 g/mol. The SMILES string of the molecule is C=CCN=CNC(=C)C#N. The number of aliphatic imine (C=N–C) groups is 1. The maximum atomic E-state index is 8.20. The fourth-order valence-electron chi connectivity index (χ4n) is 0.283. The molecule has 0 radical (unpaired) electrons. The van der Waals surface area contributed by atoms with E-state index in [2.05, 4.69) is 23.5 Å². The van der Waals surface area contributed by atoms with Crippen LogP contribution in [-0.2, 0) is 0 Å². The molecule has 10 heavy (non-hydrogen) atoms. The summed E-state index contributed by atoms with van der Waals surface area (Å²) in [5, 5.41) is 10.8. The monoisotopic (exact) mass is 135 g/mol. The highest BCUT2D eigenvalue weighted by Gasteiger charge is 1.79. The Bertz CT molecular complexity index is 186. The number of hydrogen-bond acceptors (Lipinski definition) is 2. The molecule has 0 heterocycles. The Hall–Kier alpha value is -1.56. The Labute approximate surface area is 60.4 Å².